The number of hydrogen-bond donors (Lipinski definition) is 1. The Morgan fingerprint density at radius 1 is 1.50 bits per heavy atom. The van der Waals surface area contributed by atoms with Crippen molar-refractivity contribution >= 4 is 5.78 Å². The van der Waals surface area contributed by atoms with E-state index in [-0.39, 0.29) is 11.5 Å². The smallest absolute Gasteiger partial charge is 0.133 e. The van der Waals surface area contributed by atoms with Crippen molar-refractivity contribution in [3.63, 3.8) is 0 Å². The number of carbonyl (C=O) groups excluding carboxylic acids is 1. The van der Waals surface area contributed by atoms with E-state index in [0.29, 0.717) is 30.5 Å². The molecular formula is C14H22O2. The number of aliphatic hydroxyl groups excluding tert-OH is 1. The van der Waals surface area contributed by atoms with E-state index in [9.17, 15) is 9.90 Å². The first-order valence-corrected chi connectivity index (χ1v) is 6.34. The molecule has 2 aliphatic carbocycles. The second-order valence-electron chi connectivity index (χ2n) is 5.85. The Hall–Kier alpha value is -0.630. The molecule has 2 nitrogen and oxygen atoms in total. The van der Waals surface area contributed by atoms with Gasteiger partial charge in [-0.1, -0.05) is 25.5 Å². The average Bonchev–Trinajstić information content (AvgIpc) is 2.59. The van der Waals surface area contributed by atoms with Crippen LogP contribution in [-0.4, -0.2) is 17.0 Å². The van der Waals surface area contributed by atoms with E-state index < -0.39 is 0 Å². The predicted molar refractivity (Wildman–Crippen MR) is 64.0 cm³/mol. The molecule has 2 heteroatoms. The average molecular weight is 222 g/mol. The minimum absolute atomic E-state index is 0.218. The van der Waals surface area contributed by atoms with Gasteiger partial charge in [-0.2, -0.15) is 0 Å². The summed E-state index contributed by atoms with van der Waals surface area (Å²) in [5.41, 5.74) is 1.02. The van der Waals surface area contributed by atoms with Crippen LogP contribution in [0.4, 0.5) is 0 Å². The van der Waals surface area contributed by atoms with Crippen LogP contribution in [0.5, 0.6) is 0 Å². The number of ketones is 1. The number of allylic oxidation sites excluding steroid dienone is 1. The van der Waals surface area contributed by atoms with Crippen LogP contribution < -0.4 is 0 Å². The highest BCUT2D eigenvalue weighted by molar-refractivity contribution is 5.82. The molecule has 0 unspecified atom stereocenters. The summed E-state index contributed by atoms with van der Waals surface area (Å²) in [6, 6.07) is 0. The van der Waals surface area contributed by atoms with E-state index in [1.165, 1.54) is 5.57 Å². The molecule has 0 aromatic rings. The molecule has 0 aromatic heterocycles. The summed E-state index contributed by atoms with van der Waals surface area (Å²) >= 11 is 0. The van der Waals surface area contributed by atoms with Gasteiger partial charge in [-0.3, -0.25) is 4.79 Å². The number of rotatable bonds is 1. The van der Waals surface area contributed by atoms with Crippen molar-refractivity contribution in [1.29, 1.82) is 0 Å². The number of hydrogen-bond acceptors (Lipinski definition) is 2. The summed E-state index contributed by atoms with van der Waals surface area (Å²) in [7, 11) is 0. The minimum atomic E-state index is -0.330. The van der Waals surface area contributed by atoms with Crippen LogP contribution in [0, 0.1) is 17.3 Å². The quantitative estimate of drug-likeness (QED) is 0.693. The molecule has 0 bridgehead atoms. The van der Waals surface area contributed by atoms with Crippen LogP contribution in [0.3, 0.4) is 0 Å². The van der Waals surface area contributed by atoms with Gasteiger partial charge < -0.3 is 5.11 Å². The molecule has 2 aliphatic rings. The highest BCUT2D eigenvalue weighted by atomic mass is 16.3. The summed E-state index contributed by atoms with van der Waals surface area (Å²) in [6.45, 7) is 6.40. The zero-order chi connectivity index (χ0) is 11.9. The van der Waals surface area contributed by atoms with E-state index in [4.69, 9.17) is 0 Å². The SMILES string of the molecule is CC1=CC[C@@H](C(C)C)[C@H](O)[C@@]12CCC(=O)C2. The lowest BCUT2D eigenvalue weighted by Crippen LogP contribution is -2.44. The first-order chi connectivity index (χ1) is 7.47. The van der Waals surface area contributed by atoms with E-state index >= 15 is 0 Å². The third kappa shape index (κ3) is 1.64. The zero-order valence-corrected chi connectivity index (χ0v) is 10.5. The summed E-state index contributed by atoms with van der Waals surface area (Å²) in [4.78, 5) is 11.5. The first kappa shape index (κ1) is 11.8. The van der Waals surface area contributed by atoms with Crippen molar-refractivity contribution in [3.8, 4) is 0 Å². The summed E-state index contributed by atoms with van der Waals surface area (Å²) in [5, 5.41) is 10.6. The fraction of sp³-hybridized carbons (Fsp3) is 0.786. The van der Waals surface area contributed by atoms with Gasteiger partial charge in [0.15, 0.2) is 0 Å². The molecule has 1 fully saturated rings. The normalized spacial score (nSPS) is 39.6. The predicted octanol–water partition coefficient (Wildman–Crippen LogP) is 2.71. The molecule has 2 rings (SSSR count). The molecule has 0 aliphatic heterocycles. The lowest BCUT2D eigenvalue weighted by atomic mass is 9.63. The van der Waals surface area contributed by atoms with Crippen LogP contribution in [0.25, 0.3) is 0 Å². The van der Waals surface area contributed by atoms with Gasteiger partial charge in [0.25, 0.3) is 0 Å². The van der Waals surface area contributed by atoms with Gasteiger partial charge in [0.2, 0.25) is 0 Å². The van der Waals surface area contributed by atoms with Gasteiger partial charge in [-0.05, 0) is 31.6 Å². The first-order valence-electron chi connectivity index (χ1n) is 6.34. The highest BCUT2D eigenvalue weighted by Gasteiger charge is 2.50. The largest absolute Gasteiger partial charge is 0.392 e. The molecule has 1 N–H and O–H groups in total. The minimum Gasteiger partial charge on any atom is -0.392 e. The molecule has 90 valence electrons. The Morgan fingerprint density at radius 2 is 2.19 bits per heavy atom. The van der Waals surface area contributed by atoms with Crippen LogP contribution in [0.15, 0.2) is 11.6 Å². The number of Topliss-reactive ketones (excluding diaryl/α,β-unsaturated/α-hetero) is 1. The van der Waals surface area contributed by atoms with Crippen LogP contribution in [0.1, 0.15) is 46.5 Å². The molecule has 0 amide bonds. The van der Waals surface area contributed by atoms with Crippen molar-refractivity contribution in [2.45, 2.75) is 52.6 Å². The highest BCUT2D eigenvalue weighted by Crippen LogP contribution is 2.51. The van der Waals surface area contributed by atoms with Crippen molar-refractivity contribution in [2.24, 2.45) is 17.3 Å². The molecular weight excluding hydrogens is 200 g/mol. The number of carbonyl (C=O) groups is 1. The fourth-order valence-electron chi connectivity index (χ4n) is 3.40. The Morgan fingerprint density at radius 3 is 2.69 bits per heavy atom. The number of aliphatic hydroxyl groups is 1. The maximum atomic E-state index is 11.5. The van der Waals surface area contributed by atoms with Gasteiger partial charge >= 0.3 is 0 Å². The molecule has 0 heterocycles. The van der Waals surface area contributed by atoms with Crippen LogP contribution in [-0.2, 0) is 4.79 Å². The topological polar surface area (TPSA) is 37.3 Å². The van der Waals surface area contributed by atoms with Crippen LogP contribution >= 0.6 is 0 Å². The third-order valence-electron chi connectivity index (χ3n) is 4.67. The molecule has 3 atom stereocenters. The second-order valence-corrected chi connectivity index (χ2v) is 5.85. The van der Waals surface area contributed by atoms with E-state index in [2.05, 4.69) is 26.8 Å². The monoisotopic (exact) mass is 222 g/mol. The van der Waals surface area contributed by atoms with Gasteiger partial charge in [-0.15, -0.1) is 0 Å². The Kier molecular flexibility index (Phi) is 2.95. The lowest BCUT2D eigenvalue weighted by molar-refractivity contribution is -0.119. The van der Waals surface area contributed by atoms with E-state index in [1.807, 2.05) is 0 Å². The van der Waals surface area contributed by atoms with E-state index in [1.54, 1.807) is 0 Å². The van der Waals surface area contributed by atoms with Crippen molar-refractivity contribution in [1.82, 2.24) is 0 Å². The summed E-state index contributed by atoms with van der Waals surface area (Å²) in [6.07, 6.45) is 4.92. The molecule has 0 aromatic carbocycles. The molecule has 0 saturated heterocycles. The van der Waals surface area contributed by atoms with Crippen molar-refractivity contribution in [2.75, 3.05) is 0 Å². The Labute approximate surface area is 97.7 Å². The summed E-state index contributed by atoms with van der Waals surface area (Å²) in [5.74, 6) is 1.11. The molecule has 1 saturated carbocycles. The Balaban J connectivity index is 2.32. The van der Waals surface area contributed by atoms with Gasteiger partial charge in [-0.25, -0.2) is 0 Å². The fourth-order valence-corrected chi connectivity index (χ4v) is 3.40. The third-order valence-corrected chi connectivity index (χ3v) is 4.67. The standard InChI is InChI=1S/C14H22O2/c1-9(2)12-5-4-10(3)14(13(12)16)7-6-11(15)8-14/h4,9,12-13,16H,5-8H2,1-3H3/t12-,13-,14+/m0/s1. The Bertz CT molecular complexity index is 330. The van der Waals surface area contributed by atoms with Gasteiger partial charge in [0.1, 0.15) is 5.78 Å². The molecule has 0 radical (unpaired) electrons. The zero-order valence-electron chi connectivity index (χ0n) is 10.5. The molecule has 16 heavy (non-hydrogen) atoms. The summed E-state index contributed by atoms with van der Waals surface area (Å²) < 4.78 is 0. The maximum Gasteiger partial charge on any atom is 0.133 e. The maximum absolute atomic E-state index is 11.5. The van der Waals surface area contributed by atoms with Gasteiger partial charge in [0, 0.05) is 18.3 Å². The van der Waals surface area contributed by atoms with Gasteiger partial charge in [0.05, 0.1) is 6.10 Å². The second kappa shape index (κ2) is 3.99. The van der Waals surface area contributed by atoms with Crippen molar-refractivity contribution < 1.29 is 9.90 Å². The molecule has 1 spiro atoms. The van der Waals surface area contributed by atoms with E-state index in [0.717, 1.165) is 12.8 Å². The lowest BCUT2D eigenvalue weighted by Gasteiger charge is -2.44. The van der Waals surface area contributed by atoms with Crippen molar-refractivity contribution in [3.05, 3.63) is 11.6 Å². The van der Waals surface area contributed by atoms with Crippen LogP contribution in [0.2, 0.25) is 0 Å².